The number of fused-ring (bicyclic) bond motifs is 1. The molecule has 0 saturated carbocycles. The molecule has 0 bridgehead atoms. The third kappa shape index (κ3) is 2.70. The summed E-state index contributed by atoms with van der Waals surface area (Å²) < 4.78 is 0. The van der Waals surface area contributed by atoms with Crippen molar-refractivity contribution in [3.63, 3.8) is 0 Å². The van der Waals surface area contributed by atoms with Crippen LogP contribution in [-0.2, 0) is 0 Å². The maximum atomic E-state index is 5.90. The highest BCUT2D eigenvalue weighted by Gasteiger charge is 2.20. The Morgan fingerprint density at radius 3 is 2.96 bits per heavy atom. The average Bonchev–Trinajstić information content (AvgIpc) is 3.18. The zero-order valence-corrected chi connectivity index (χ0v) is 13.0. The van der Waals surface area contributed by atoms with Gasteiger partial charge < -0.3 is 16.0 Å². The lowest BCUT2D eigenvalue weighted by Crippen LogP contribution is -2.24. The number of anilines is 2. The van der Waals surface area contributed by atoms with E-state index in [4.69, 9.17) is 5.73 Å². The number of nitrogens with two attached hydrogens (primary N) is 1. The molecule has 2 aromatic heterocycles. The molecule has 0 aliphatic carbocycles. The molecule has 23 heavy (non-hydrogen) atoms. The highest BCUT2D eigenvalue weighted by atomic mass is 15.2. The van der Waals surface area contributed by atoms with E-state index in [0.29, 0.717) is 6.04 Å². The average molecular weight is 309 g/mol. The molecule has 4 N–H and O–H groups in total. The van der Waals surface area contributed by atoms with Crippen molar-refractivity contribution in [2.45, 2.75) is 12.5 Å². The Labute approximate surface area is 133 Å². The minimum atomic E-state index is 0.285. The van der Waals surface area contributed by atoms with Gasteiger partial charge in [0.05, 0.1) is 11.2 Å². The van der Waals surface area contributed by atoms with E-state index in [0.717, 1.165) is 47.5 Å². The quantitative estimate of drug-likeness (QED) is 0.682. The second-order valence-corrected chi connectivity index (χ2v) is 6.02. The number of nitrogens with one attached hydrogen (secondary N) is 2. The number of aromatic nitrogens is 4. The third-order valence-corrected chi connectivity index (χ3v) is 4.26. The molecular formula is C16H19N7. The number of rotatable bonds is 3. The Bertz CT molecular complexity index is 828. The van der Waals surface area contributed by atoms with Crippen LogP contribution in [0.3, 0.4) is 0 Å². The fraction of sp³-hybridized carbons (Fsp3) is 0.312. The number of likely N-dealkylation sites (tertiary alicyclic amines) is 1. The molecule has 1 aromatic carbocycles. The van der Waals surface area contributed by atoms with Gasteiger partial charge in [-0.15, -0.1) is 0 Å². The van der Waals surface area contributed by atoms with Gasteiger partial charge in [-0.25, -0.2) is 4.98 Å². The van der Waals surface area contributed by atoms with E-state index in [2.05, 4.69) is 37.4 Å². The third-order valence-electron chi connectivity index (χ3n) is 4.26. The predicted octanol–water partition coefficient (Wildman–Crippen LogP) is 1.72. The van der Waals surface area contributed by atoms with E-state index in [-0.39, 0.29) is 5.95 Å². The number of benzene rings is 1. The van der Waals surface area contributed by atoms with Crippen molar-refractivity contribution in [3.05, 3.63) is 30.5 Å². The van der Waals surface area contributed by atoms with Crippen molar-refractivity contribution < 1.29 is 0 Å². The van der Waals surface area contributed by atoms with Crippen LogP contribution in [-0.4, -0.2) is 51.2 Å². The Morgan fingerprint density at radius 1 is 1.30 bits per heavy atom. The van der Waals surface area contributed by atoms with Crippen molar-refractivity contribution >= 4 is 22.7 Å². The van der Waals surface area contributed by atoms with E-state index in [1.54, 1.807) is 6.20 Å². The molecule has 1 aliphatic heterocycles. The molecule has 1 fully saturated rings. The van der Waals surface area contributed by atoms with Crippen LogP contribution in [0, 0.1) is 0 Å². The molecule has 0 spiro atoms. The number of aromatic amines is 1. The zero-order valence-electron chi connectivity index (χ0n) is 13.0. The number of nitrogen functional groups attached to an aromatic ring is 1. The van der Waals surface area contributed by atoms with Gasteiger partial charge in [0.2, 0.25) is 5.95 Å². The fourth-order valence-electron chi connectivity index (χ4n) is 3.09. The van der Waals surface area contributed by atoms with Gasteiger partial charge in [-0.2, -0.15) is 10.1 Å². The second kappa shape index (κ2) is 5.51. The molecule has 3 heterocycles. The van der Waals surface area contributed by atoms with E-state index >= 15 is 0 Å². The largest absolute Gasteiger partial charge is 0.368 e. The monoisotopic (exact) mass is 309 g/mol. The van der Waals surface area contributed by atoms with E-state index in [9.17, 15) is 0 Å². The predicted molar refractivity (Wildman–Crippen MR) is 91.1 cm³/mol. The molecule has 0 amide bonds. The van der Waals surface area contributed by atoms with Gasteiger partial charge in [0.15, 0.2) is 0 Å². The van der Waals surface area contributed by atoms with E-state index in [1.807, 2.05) is 24.3 Å². The van der Waals surface area contributed by atoms with Crippen molar-refractivity contribution in [2.24, 2.45) is 0 Å². The molecule has 0 radical (unpaired) electrons. The van der Waals surface area contributed by atoms with Crippen LogP contribution in [0.4, 0.5) is 11.8 Å². The summed E-state index contributed by atoms with van der Waals surface area (Å²) in [6, 6.07) is 8.41. The molecular weight excluding hydrogens is 290 g/mol. The molecule has 1 atom stereocenters. The Kier molecular flexibility index (Phi) is 3.34. The first kappa shape index (κ1) is 14.0. The van der Waals surface area contributed by atoms with E-state index < -0.39 is 0 Å². The first-order chi connectivity index (χ1) is 11.2. The van der Waals surface area contributed by atoms with Gasteiger partial charge in [0.1, 0.15) is 5.82 Å². The van der Waals surface area contributed by atoms with Crippen molar-refractivity contribution in [3.8, 4) is 11.3 Å². The molecule has 0 unspecified atom stereocenters. The number of likely N-dealkylation sites (N-methyl/N-ethyl adjacent to an activating group) is 1. The minimum Gasteiger partial charge on any atom is -0.368 e. The van der Waals surface area contributed by atoms with Crippen molar-refractivity contribution in [2.75, 3.05) is 31.2 Å². The zero-order chi connectivity index (χ0) is 15.8. The molecule has 3 aromatic rings. The summed E-state index contributed by atoms with van der Waals surface area (Å²) in [6.07, 6.45) is 2.84. The lowest BCUT2D eigenvalue weighted by Gasteiger charge is -2.15. The molecule has 1 saturated heterocycles. The summed E-state index contributed by atoms with van der Waals surface area (Å²) in [7, 11) is 2.13. The molecule has 118 valence electrons. The lowest BCUT2D eigenvalue weighted by molar-refractivity contribution is 0.414. The van der Waals surface area contributed by atoms with Crippen LogP contribution in [0.1, 0.15) is 6.42 Å². The van der Waals surface area contributed by atoms with Gasteiger partial charge >= 0.3 is 0 Å². The standard InChI is InChI=1S/C16H19N7/c1-23-7-5-11(9-23)19-15-12-3-2-10(13-4-6-18-22-13)8-14(12)20-16(17)21-15/h2-4,6,8,11H,5,7,9H2,1H3,(H,18,22)(H3,17,19,20,21)/t11-/m0/s1. The van der Waals surface area contributed by atoms with E-state index in [1.165, 1.54) is 0 Å². The number of hydrogen-bond acceptors (Lipinski definition) is 6. The van der Waals surface area contributed by atoms with Crippen LogP contribution >= 0.6 is 0 Å². The van der Waals surface area contributed by atoms with Gasteiger partial charge in [0.25, 0.3) is 0 Å². The van der Waals surface area contributed by atoms with Gasteiger partial charge in [-0.05, 0) is 38.2 Å². The maximum absolute atomic E-state index is 5.90. The summed E-state index contributed by atoms with van der Waals surface area (Å²) in [5.74, 6) is 1.09. The maximum Gasteiger partial charge on any atom is 0.222 e. The van der Waals surface area contributed by atoms with Crippen LogP contribution < -0.4 is 11.1 Å². The van der Waals surface area contributed by atoms with Crippen molar-refractivity contribution in [1.29, 1.82) is 0 Å². The van der Waals surface area contributed by atoms with Gasteiger partial charge in [0, 0.05) is 29.7 Å². The van der Waals surface area contributed by atoms with Gasteiger partial charge in [-0.3, -0.25) is 5.10 Å². The van der Waals surface area contributed by atoms with Crippen LogP contribution in [0.2, 0.25) is 0 Å². The Morgan fingerprint density at radius 2 is 2.22 bits per heavy atom. The van der Waals surface area contributed by atoms with Crippen LogP contribution in [0.15, 0.2) is 30.5 Å². The van der Waals surface area contributed by atoms with Gasteiger partial charge in [-0.1, -0.05) is 6.07 Å². The summed E-state index contributed by atoms with van der Waals surface area (Å²) in [5, 5.41) is 11.5. The SMILES string of the molecule is CN1CC[C@H](Nc2nc(N)nc3cc(-c4ccn[nH]4)ccc23)C1. The highest BCUT2D eigenvalue weighted by Crippen LogP contribution is 2.27. The Hall–Kier alpha value is -2.67. The fourth-order valence-corrected chi connectivity index (χ4v) is 3.09. The molecule has 4 rings (SSSR count). The molecule has 1 aliphatic rings. The summed E-state index contributed by atoms with van der Waals surface area (Å²) >= 11 is 0. The summed E-state index contributed by atoms with van der Waals surface area (Å²) in [6.45, 7) is 2.11. The number of H-pyrrole nitrogens is 1. The van der Waals surface area contributed by atoms with Crippen LogP contribution in [0.5, 0.6) is 0 Å². The lowest BCUT2D eigenvalue weighted by atomic mass is 10.1. The Balaban J connectivity index is 1.73. The molecule has 7 nitrogen and oxygen atoms in total. The van der Waals surface area contributed by atoms with Crippen LogP contribution in [0.25, 0.3) is 22.2 Å². The summed E-state index contributed by atoms with van der Waals surface area (Å²) in [4.78, 5) is 11.1. The normalized spacial score (nSPS) is 18.6. The highest BCUT2D eigenvalue weighted by molar-refractivity contribution is 5.92. The van der Waals surface area contributed by atoms with Crippen molar-refractivity contribution in [1.82, 2.24) is 25.1 Å². The smallest absolute Gasteiger partial charge is 0.222 e. The number of hydrogen-bond donors (Lipinski definition) is 3. The summed E-state index contributed by atoms with van der Waals surface area (Å²) in [5.41, 5.74) is 8.72. The first-order valence-electron chi connectivity index (χ1n) is 7.71. The topological polar surface area (TPSA) is 95.8 Å². The molecule has 7 heteroatoms. The second-order valence-electron chi connectivity index (χ2n) is 6.02. The minimum absolute atomic E-state index is 0.285. The first-order valence-corrected chi connectivity index (χ1v) is 7.71. The number of nitrogens with zero attached hydrogens (tertiary/aromatic N) is 4.